The van der Waals surface area contributed by atoms with Crippen molar-refractivity contribution in [3.8, 4) is 0 Å². The minimum Gasteiger partial charge on any atom is -0.369 e. The third kappa shape index (κ3) is 2.33. The summed E-state index contributed by atoms with van der Waals surface area (Å²) in [7, 11) is 0. The van der Waals surface area contributed by atoms with Crippen molar-refractivity contribution < 1.29 is 4.79 Å². The van der Waals surface area contributed by atoms with Crippen molar-refractivity contribution in [2.45, 2.75) is 39.2 Å². The predicted molar refractivity (Wildman–Crippen MR) is 86.4 cm³/mol. The van der Waals surface area contributed by atoms with Crippen LogP contribution >= 0.6 is 0 Å². The quantitative estimate of drug-likeness (QED) is 0.873. The van der Waals surface area contributed by atoms with E-state index in [0.717, 1.165) is 37.9 Å². The lowest BCUT2D eigenvalue weighted by molar-refractivity contribution is 0.0999. The summed E-state index contributed by atoms with van der Waals surface area (Å²) in [6.45, 7) is 6.18. The Bertz CT molecular complexity index is 633. The van der Waals surface area contributed by atoms with Crippen LogP contribution < -0.4 is 16.4 Å². The molecule has 1 amide bonds. The highest BCUT2D eigenvalue weighted by atomic mass is 16.1. The third-order valence-electron chi connectivity index (χ3n) is 4.81. The summed E-state index contributed by atoms with van der Waals surface area (Å²) in [6, 6.07) is 4.15. The minimum atomic E-state index is -0.337. The first kappa shape index (κ1) is 14.1. The second-order valence-corrected chi connectivity index (χ2v) is 6.28. The number of primary amides is 1. The summed E-state index contributed by atoms with van der Waals surface area (Å²) in [5.41, 5.74) is 18.4. The van der Waals surface area contributed by atoms with E-state index in [1.807, 2.05) is 12.1 Å². The first-order valence-electron chi connectivity index (χ1n) is 7.62. The number of rotatable bonds is 2. The number of piperidine rings is 1. The molecular weight excluding hydrogens is 262 g/mol. The lowest BCUT2D eigenvalue weighted by Crippen LogP contribution is -2.43. The molecule has 2 aliphatic rings. The number of nitrogens with two attached hydrogens (primary N) is 2. The molecule has 4 nitrogen and oxygen atoms in total. The fourth-order valence-corrected chi connectivity index (χ4v) is 3.57. The molecule has 1 aliphatic carbocycles. The average Bonchev–Trinajstić information content (AvgIpc) is 2.74. The molecule has 4 N–H and O–H groups in total. The van der Waals surface area contributed by atoms with Crippen molar-refractivity contribution in [2.24, 2.45) is 11.5 Å². The Morgan fingerprint density at radius 3 is 2.76 bits per heavy atom. The van der Waals surface area contributed by atoms with Crippen LogP contribution in [0.15, 0.2) is 17.7 Å². The smallest absolute Gasteiger partial charge is 0.249 e. The van der Waals surface area contributed by atoms with E-state index in [2.05, 4.69) is 18.7 Å². The maximum Gasteiger partial charge on any atom is 0.249 e. The number of hydrogen-bond acceptors (Lipinski definition) is 3. The van der Waals surface area contributed by atoms with Crippen molar-refractivity contribution in [2.75, 3.05) is 18.0 Å². The Hall–Kier alpha value is -1.81. The predicted octanol–water partition coefficient (Wildman–Crippen LogP) is 2.06. The largest absolute Gasteiger partial charge is 0.369 e. The van der Waals surface area contributed by atoms with Gasteiger partial charge in [0.15, 0.2) is 0 Å². The molecule has 112 valence electrons. The number of anilines is 1. The summed E-state index contributed by atoms with van der Waals surface area (Å²) >= 11 is 0. The Balaban J connectivity index is 2.10. The van der Waals surface area contributed by atoms with Gasteiger partial charge < -0.3 is 16.4 Å². The number of allylic oxidation sites excluding steroid dienone is 2. The van der Waals surface area contributed by atoms with Crippen molar-refractivity contribution in [1.82, 2.24) is 0 Å². The van der Waals surface area contributed by atoms with Crippen LogP contribution in [0, 0.1) is 0 Å². The SMILES string of the molecule is CC1=C(C)c2c(N3CCC[C@H](N)C3)ccc(C(N)=O)c2C1. The third-order valence-corrected chi connectivity index (χ3v) is 4.81. The van der Waals surface area contributed by atoms with Crippen LogP contribution in [0.25, 0.3) is 5.57 Å². The van der Waals surface area contributed by atoms with Gasteiger partial charge in [-0.15, -0.1) is 0 Å². The molecule has 0 aromatic heterocycles. The number of hydrogen-bond donors (Lipinski definition) is 2. The van der Waals surface area contributed by atoms with Crippen LogP contribution in [0.1, 0.15) is 48.2 Å². The lowest BCUT2D eigenvalue weighted by Gasteiger charge is -2.34. The van der Waals surface area contributed by atoms with E-state index in [1.54, 1.807) is 0 Å². The van der Waals surface area contributed by atoms with Crippen molar-refractivity contribution in [3.05, 3.63) is 34.4 Å². The highest BCUT2D eigenvalue weighted by molar-refractivity contribution is 5.99. The van der Waals surface area contributed by atoms with E-state index in [-0.39, 0.29) is 11.9 Å². The van der Waals surface area contributed by atoms with E-state index in [9.17, 15) is 4.79 Å². The maximum atomic E-state index is 11.7. The highest BCUT2D eigenvalue weighted by Crippen LogP contribution is 2.41. The van der Waals surface area contributed by atoms with E-state index in [1.165, 1.54) is 22.4 Å². The molecule has 1 heterocycles. The topological polar surface area (TPSA) is 72.3 Å². The van der Waals surface area contributed by atoms with Crippen molar-refractivity contribution in [1.29, 1.82) is 0 Å². The number of benzene rings is 1. The number of amides is 1. The van der Waals surface area contributed by atoms with E-state index < -0.39 is 0 Å². The second kappa shape index (κ2) is 5.19. The number of carbonyl (C=O) groups is 1. The monoisotopic (exact) mass is 285 g/mol. The highest BCUT2D eigenvalue weighted by Gasteiger charge is 2.27. The Kier molecular flexibility index (Phi) is 3.49. The van der Waals surface area contributed by atoms with Gasteiger partial charge in [-0.3, -0.25) is 4.79 Å². The van der Waals surface area contributed by atoms with E-state index in [0.29, 0.717) is 5.56 Å². The van der Waals surface area contributed by atoms with Crippen molar-refractivity contribution >= 4 is 17.2 Å². The molecule has 1 aliphatic heterocycles. The zero-order valence-corrected chi connectivity index (χ0v) is 12.8. The summed E-state index contributed by atoms with van der Waals surface area (Å²) in [6.07, 6.45) is 3.04. The summed E-state index contributed by atoms with van der Waals surface area (Å²) in [5, 5.41) is 0. The standard InChI is InChI=1S/C17H23N3O/c1-10-8-14-13(17(19)21)5-6-15(16(14)11(10)2)20-7-3-4-12(18)9-20/h5-6,12H,3-4,7-9,18H2,1-2H3,(H2,19,21)/t12-/m0/s1. The van der Waals surface area contributed by atoms with Gasteiger partial charge in [0.05, 0.1) is 0 Å². The normalized spacial score (nSPS) is 21.7. The van der Waals surface area contributed by atoms with Gasteiger partial charge in [-0.2, -0.15) is 0 Å². The fourth-order valence-electron chi connectivity index (χ4n) is 3.57. The molecule has 1 saturated heterocycles. The van der Waals surface area contributed by atoms with E-state index >= 15 is 0 Å². The first-order valence-corrected chi connectivity index (χ1v) is 7.62. The molecule has 4 heteroatoms. The van der Waals surface area contributed by atoms with Crippen LogP contribution in [0.5, 0.6) is 0 Å². The maximum absolute atomic E-state index is 11.7. The van der Waals surface area contributed by atoms with Gasteiger partial charge in [0.25, 0.3) is 0 Å². The minimum absolute atomic E-state index is 0.233. The molecule has 0 unspecified atom stereocenters. The molecular formula is C17H23N3O. The molecule has 1 atom stereocenters. The summed E-state index contributed by atoms with van der Waals surface area (Å²) < 4.78 is 0. The van der Waals surface area contributed by atoms with Crippen LogP contribution in [0.4, 0.5) is 5.69 Å². The molecule has 1 aromatic carbocycles. The van der Waals surface area contributed by atoms with Gasteiger partial charge >= 0.3 is 0 Å². The Morgan fingerprint density at radius 1 is 1.33 bits per heavy atom. The molecule has 0 saturated carbocycles. The van der Waals surface area contributed by atoms with Crippen LogP contribution in [-0.4, -0.2) is 25.0 Å². The van der Waals surface area contributed by atoms with Gasteiger partial charge in [-0.1, -0.05) is 5.57 Å². The van der Waals surface area contributed by atoms with Crippen LogP contribution in [0.2, 0.25) is 0 Å². The van der Waals surface area contributed by atoms with Crippen molar-refractivity contribution in [3.63, 3.8) is 0 Å². The first-order chi connectivity index (χ1) is 9.99. The number of carbonyl (C=O) groups excluding carboxylic acids is 1. The molecule has 1 fully saturated rings. The lowest BCUT2D eigenvalue weighted by atomic mass is 9.96. The van der Waals surface area contributed by atoms with Gasteiger partial charge in [0, 0.05) is 35.9 Å². The van der Waals surface area contributed by atoms with E-state index in [4.69, 9.17) is 11.5 Å². The van der Waals surface area contributed by atoms with Crippen LogP contribution in [-0.2, 0) is 6.42 Å². The summed E-state index contributed by atoms with van der Waals surface area (Å²) in [5.74, 6) is -0.337. The molecule has 0 bridgehead atoms. The molecule has 0 radical (unpaired) electrons. The molecule has 21 heavy (non-hydrogen) atoms. The fraction of sp³-hybridized carbons (Fsp3) is 0.471. The molecule has 3 rings (SSSR count). The number of nitrogens with zero attached hydrogens (tertiary/aromatic N) is 1. The Morgan fingerprint density at radius 2 is 2.10 bits per heavy atom. The number of fused-ring (bicyclic) bond motifs is 1. The van der Waals surface area contributed by atoms with Crippen LogP contribution in [0.3, 0.4) is 0 Å². The zero-order valence-electron chi connectivity index (χ0n) is 12.8. The second-order valence-electron chi connectivity index (χ2n) is 6.28. The summed E-state index contributed by atoms with van der Waals surface area (Å²) in [4.78, 5) is 14.0. The Labute approximate surface area is 125 Å². The average molecular weight is 285 g/mol. The molecule has 1 aromatic rings. The van der Waals surface area contributed by atoms with Gasteiger partial charge in [-0.25, -0.2) is 0 Å². The molecule has 0 spiro atoms. The van der Waals surface area contributed by atoms with Gasteiger partial charge in [-0.05, 0) is 56.4 Å². The van der Waals surface area contributed by atoms with Gasteiger partial charge in [0.2, 0.25) is 5.91 Å². The zero-order chi connectivity index (χ0) is 15.1. The van der Waals surface area contributed by atoms with Gasteiger partial charge in [0.1, 0.15) is 0 Å².